The molecule has 0 bridgehead atoms. The van der Waals surface area contributed by atoms with Gasteiger partial charge in [0.05, 0.1) is 6.10 Å². The summed E-state index contributed by atoms with van der Waals surface area (Å²) in [5.74, 6) is -0.243. The van der Waals surface area contributed by atoms with Crippen molar-refractivity contribution in [3.8, 4) is 0 Å². The normalized spacial score (nSPS) is 13.1. The molecule has 0 aliphatic carbocycles. The molecule has 0 amide bonds. The zero-order chi connectivity index (χ0) is 11.3. The van der Waals surface area contributed by atoms with Crippen LogP contribution in [-0.2, 0) is 6.42 Å². The van der Waals surface area contributed by atoms with Crippen molar-refractivity contribution >= 4 is 0 Å². The number of halogens is 1. The SMILES string of the molecule is CN(C)CCC(O)Cc1cccc(F)c1. The molecule has 84 valence electrons. The summed E-state index contributed by atoms with van der Waals surface area (Å²) in [4.78, 5) is 2.02. The highest BCUT2D eigenvalue weighted by Crippen LogP contribution is 2.08. The number of rotatable bonds is 5. The number of nitrogens with zero attached hydrogens (tertiary/aromatic N) is 1. The van der Waals surface area contributed by atoms with Crippen molar-refractivity contribution in [1.82, 2.24) is 4.90 Å². The van der Waals surface area contributed by atoms with E-state index in [9.17, 15) is 9.50 Å². The van der Waals surface area contributed by atoms with Gasteiger partial charge in [0.15, 0.2) is 0 Å². The van der Waals surface area contributed by atoms with Crippen molar-refractivity contribution in [3.05, 3.63) is 35.6 Å². The molecule has 1 unspecified atom stereocenters. The fourth-order valence-electron chi connectivity index (χ4n) is 1.45. The first-order chi connectivity index (χ1) is 7.08. The van der Waals surface area contributed by atoms with E-state index >= 15 is 0 Å². The van der Waals surface area contributed by atoms with Gasteiger partial charge < -0.3 is 10.0 Å². The lowest BCUT2D eigenvalue weighted by atomic mass is 10.1. The van der Waals surface area contributed by atoms with Crippen molar-refractivity contribution in [2.24, 2.45) is 0 Å². The zero-order valence-corrected chi connectivity index (χ0v) is 9.28. The predicted molar refractivity (Wildman–Crippen MR) is 59.3 cm³/mol. The van der Waals surface area contributed by atoms with Crippen LogP contribution in [0.4, 0.5) is 4.39 Å². The number of hydrogen-bond acceptors (Lipinski definition) is 2. The van der Waals surface area contributed by atoms with Gasteiger partial charge in [-0.15, -0.1) is 0 Å². The minimum Gasteiger partial charge on any atom is -0.393 e. The van der Waals surface area contributed by atoms with Crippen LogP contribution in [0, 0.1) is 5.82 Å². The Morgan fingerprint density at radius 2 is 2.13 bits per heavy atom. The van der Waals surface area contributed by atoms with Crippen molar-refractivity contribution in [2.45, 2.75) is 18.9 Å². The Morgan fingerprint density at radius 1 is 1.40 bits per heavy atom. The van der Waals surface area contributed by atoms with E-state index in [1.807, 2.05) is 25.1 Å². The van der Waals surface area contributed by atoms with Crippen LogP contribution in [0.2, 0.25) is 0 Å². The molecule has 0 aliphatic rings. The van der Waals surface area contributed by atoms with Crippen molar-refractivity contribution in [3.63, 3.8) is 0 Å². The van der Waals surface area contributed by atoms with E-state index in [1.54, 1.807) is 6.07 Å². The summed E-state index contributed by atoms with van der Waals surface area (Å²) < 4.78 is 12.8. The van der Waals surface area contributed by atoms with Gasteiger partial charge in [-0.05, 0) is 51.2 Å². The molecule has 1 N–H and O–H groups in total. The molecule has 3 heteroatoms. The predicted octanol–water partition coefficient (Wildman–Crippen LogP) is 1.68. The molecule has 2 nitrogen and oxygen atoms in total. The maximum Gasteiger partial charge on any atom is 0.123 e. The fourth-order valence-corrected chi connectivity index (χ4v) is 1.45. The van der Waals surface area contributed by atoms with Gasteiger partial charge in [0.25, 0.3) is 0 Å². The van der Waals surface area contributed by atoms with Gasteiger partial charge in [-0.1, -0.05) is 12.1 Å². The molecule has 1 atom stereocenters. The first-order valence-corrected chi connectivity index (χ1v) is 5.15. The van der Waals surface area contributed by atoms with Gasteiger partial charge in [-0.25, -0.2) is 4.39 Å². The van der Waals surface area contributed by atoms with Crippen LogP contribution in [0.5, 0.6) is 0 Å². The van der Waals surface area contributed by atoms with E-state index in [-0.39, 0.29) is 5.82 Å². The zero-order valence-electron chi connectivity index (χ0n) is 9.28. The molecule has 15 heavy (non-hydrogen) atoms. The van der Waals surface area contributed by atoms with Gasteiger partial charge in [0, 0.05) is 0 Å². The lowest BCUT2D eigenvalue weighted by Crippen LogP contribution is -2.20. The molecule has 0 aliphatic heterocycles. The lowest BCUT2D eigenvalue weighted by Gasteiger charge is -2.14. The van der Waals surface area contributed by atoms with E-state index in [0.29, 0.717) is 12.8 Å². The average molecular weight is 211 g/mol. The Morgan fingerprint density at radius 3 is 2.73 bits per heavy atom. The van der Waals surface area contributed by atoms with Crippen molar-refractivity contribution < 1.29 is 9.50 Å². The molecule has 1 rings (SSSR count). The highest BCUT2D eigenvalue weighted by atomic mass is 19.1. The molecule has 0 spiro atoms. The standard InChI is InChI=1S/C12H18FNO/c1-14(2)7-6-12(15)9-10-4-3-5-11(13)8-10/h3-5,8,12,15H,6-7,9H2,1-2H3. The Hall–Kier alpha value is -0.930. The Kier molecular flexibility index (Phi) is 4.72. The molecule has 0 radical (unpaired) electrons. The maximum absolute atomic E-state index is 12.8. The summed E-state index contributed by atoms with van der Waals surface area (Å²) in [5.41, 5.74) is 0.848. The van der Waals surface area contributed by atoms with Crippen molar-refractivity contribution in [1.29, 1.82) is 0 Å². The molecule has 1 aromatic rings. The first-order valence-electron chi connectivity index (χ1n) is 5.15. The van der Waals surface area contributed by atoms with Crippen LogP contribution in [0.1, 0.15) is 12.0 Å². The lowest BCUT2D eigenvalue weighted by molar-refractivity contribution is 0.152. The Bertz CT molecular complexity index is 301. The molecular weight excluding hydrogens is 193 g/mol. The van der Waals surface area contributed by atoms with Crippen LogP contribution < -0.4 is 0 Å². The molecule has 0 saturated heterocycles. The highest BCUT2D eigenvalue weighted by molar-refractivity contribution is 5.16. The third-order valence-electron chi connectivity index (χ3n) is 2.27. The van der Waals surface area contributed by atoms with E-state index in [4.69, 9.17) is 0 Å². The summed E-state index contributed by atoms with van der Waals surface area (Å²) in [5, 5.41) is 9.69. The summed E-state index contributed by atoms with van der Waals surface area (Å²) in [6, 6.07) is 6.39. The van der Waals surface area contributed by atoms with Crippen LogP contribution in [-0.4, -0.2) is 36.8 Å². The first kappa shape index (κ1) is 12.1. The Balaban J connectivity index is 2.40. The largest absolute Gasteiger partial charge is 0.393 e. The second kappa shape index (κ2) is 5.83. The van der Waals surface area contributed by atoms with Crippen molar-refractivity contribution in [2.75, 3.05) is 20.6 Å². The molecule has 0 aromatic heterocycles. The Labute approximate surface area is 90.3 Å². The molecule has 0 saturated carbocycles. The third-order valence-corrected chi connectivity index (χ3v) is 2.27. The minimum absolute atomic E-state index is 0.243. The number of benzene rings is 1. The van der Waals surface area contributed by atoms with E-state index in [2.05, 4.69) is 0 Å². The minimum atomic E-state index is -0.394. The van der Waals surface area contributed by atoms with Gasteiger partial charge >= 0.3 is 0 Å². The summed E-state index contributed by atoms with van der Waals surface area (Å²) >= 11 is 0. The number of aliphatic hydroxyl groups is 1. The van der Waals surface area contributed by atoms with Crippen LogP contribution in [0.25, 0.3) is 0 Å². The number of aliphatic hydroxyl groups excluding tert-OH is 1. The van der Waals surface area contributed by atoms with Gasteiger partial charge in [0.1, 0.15) is 5.82 Å². The van der Waals surface area contributed by atoms with E-state index < -0.39 is 6.10 Å². The van der Waals surface area contributed by atoms with Gasteiger partial charge in [0.2, 0.25) is 0 Å². The monoisotopic (exact) mass is 211 g/mol. The van der Waals surface area contributed by atoms with E-state index in [0.717, 1.165) is 12.1 Å². The topological polar surface area (TPSA) is 23.5 Å². The molecule has 1 aromatic carbocycles. The van der Waals surface area contributed by atoms with Crippen LogP contribution in [0.3, 0.4) is 0 Å². The van der Waals surface area contributed by atoms with Crippen LogP contribution in [0.15, 0.2) is 24.3 Å². The average Bonchev–Trinajstić information content (AvgIpc) is 2.15. The smallest absolute Gasteiger partial charge is 0.123 e. The second-order valence-electron chi connectivity index (χ2n) is 4.08. The van der Waals surface area contributed by atoms with E-state index in [1.165, 1.54) is 12.1 Å². The maximum atomic E-state index is 12.8. The third kappa shape index (κ3) is 4.91. The highest BCUT2D eigenvalue weighted by Gasteiger charge is 2.06. The summed E-state index contributed by atoms with van der Waals surface area (Å²) in [6.07, 6.45) is 0.837. The van der Waals surface area contributed by atoms with Gasteiger partial charge in [-0.3, -0.25) is 0 Å². The quantitative estimate of drug-likeness (QED) is 0.801. The molecule has 0 heterocycles. The van der Waals surface area contributed by atoms with Gasteiger partial charge in [-0.2, -0.15) is 0 Å². The molecular formula is C12H18FNO. The summed E-state index contributed by atoms with van der Waals surface area (Å²) in [6.45, 7) is 0.844. The van der Waals surface area contributed by atoms with Crippen LogP contribution >= 0.6 is 0 Å². The second-order valence-corrected chi connectivity index (χ2v) is 4.08. The summed E-state index contributed by atoms with van der Waals surface area (Å²) in [7, 11) is 3.93. The number of hydrogen-bond donors (Lipinski definition) is 1. The molecule has 0 fully saturated rings. The fraction of sp³-hybridized carbons (Fsp3) is 0.500.